The maximum atomic E-state index is 12.8. The molecule has 2 aliphatic heterocycles. The van der Waals surface area contributed by atoms with E-state index >= 15 is 0 Å². The molecule has 2 fully saturated rings. The summed E-state index contributed by atoms with van der Waals surface area (Å²) >= 11 is 0. The maximum absolute atomic E-state index is 12.8. The molecule has 0 aliphatic carbocycles. The van der Waals surface area contributed by atoms with Gasteiger partial charge in [0.1, 0.15) is 6.10 Å². The number of hydrogen-bond acceptors (Lipinski definition) is 3. The molecule has 120 valence electrons. The summed E-state index contributed by atoms with van der Waals surface area (Å²) in [5.74, 6) is 0.584. The second-order valence-electron chi connectivity index (χ2n) is 7.08. The predicted octanol–water partition coefficient (Wildman–Crippen LogP) is 2.65. The number of morpholine rings is 1. The van der Waals surface area contributed by atoms with E-state index in [-0.39, 0.29) is 23.5 Å². The lowest BCUT2D eigenvalue weighted by Gasteiger charge is -2.45. The number of benzene rings is 1. The van der Waals surface area contributed by atoms with Crippen LogP contribution in [0.2, 0.25) is 0 Å². The van der Waals surface area contributed by atoms with Crippen LogP contribution in [0.4, 0.5) is 0 Å². The molecule has 4 heteroatoms. The normalized spacial score (nSPS) is 27.5. The van der Waals surface area contributed by atoms with Gasteiger partial charge in [0, 0.05) is 6.54 Å². The molecule has 0 unspecified atom stereocenters. The molecule has 0 saturated carbocycles. The van der Waals surface area contributed by atoms with Crippen LogP contribution in [0.15, 0.2) is 30.3 Å². The standard InChI is InChI=1S/C18H25NO3/c1-13(2)15-9-19(17(20)18(3)11-21-12-18)10-16(22-15)14-7-5-4-6-8-14/h4-8,13,15-16H,9-12H2,1-3H3/t15-,16+/m1/s1. The molecule has 2 atom stereocenters. The summed E-state index contributed by atoms with van der Waals surface area (Å²) in [7, 11) is 0. The summed E-state index contributed by atoms with van der Waals surface area (Å²) in [6.07, 6.45) is 0.0309. The van der Waals surface area contributed by atoms with Gasteiger partial charge in [-0.2, -0.15) is 0 Å². The van der Waals surface area contributed by atoms with Gasteiger partial charge in [-0.3, -0.25) is 4.79 Å². The number of ether oxygens (including phenoxy) is 2. The number of carbonyl (C=O) groups is 1. The molecule has 1 amide bonds. The third-order valence-corrected chi connectivity index (χ3v) is 4.69. The average Bonchev–Trinajstić information content (AvgIpc) is 2.52. The summed E-state index contributed by atoms with van der Waals surface area (Å²) in [6.45, 7) is 8.66. The molecule has 2 aliphatic rings. The molecule has 2 heterocycles. The summed E-state index contributed by atoms with van der Waals surface area (Å²) in [5, 5.41) is 0. The highest BCUT2D eigenvalue weighted by molar-refractivity contribution is 5.83. The molecule has 0 bridgehead atoms. The molecular weight excluding hydrogens is 278 g/mol. The number of carbonyl (C=O) groups excluding carboxylic acids is 1. The Morgan fingerprint density at radius 1 is 1.23 bits per heavy atom. The van der Waals surface area contributed by atoms with Crippen molar-refractivity contribution in [3.63, 3.8) is 0 Å². The highest BCUT2D eigenvalue weighted by atomic mass is 16.5. The smallest absolute Gasteiger partial charge is 0.233 e. The highest BCUT2D eigenvalue weighted by Gasteiger charge is 2.46. The van der Waals surface area contributed by atoms with Crippen molar-refractivity contribution in [2.24, 2.45) is 11.3 Å². The molecule has 2 saturated heterocycles. The minimum absolute atomic E-state index is 0.0455. The largest absolute Gasteiger partial charge is 0.379 e. The Bertz CT molecular complexity index is 524. The number of hydrogen-bond donors (Lipinski definition) is 0. The third-order valence-electron chi connectivity index (χ3n) is 4.69. The van der Waals surface area contributed by atoms with Crippen LogP contribution >= 0.6 is 0 Å². The summed E-state index contributed by atoms with van der Waals surface area (Å²) in [5.41, 5.74) is 0.792. The van der Waals surface area contributed by atoms with E-state index < -0.39 is 0 Å². The fraction of sp³-hybridized carbons (Fsp3) is 0.611. The fourth-order valence-corrected chi connectivity index (χ4v) is 3.09. The van der Waals surface area contributed by atoms with E-state index in [4.69, 9.17) is 9.47 Å². The zero-order chi connectivity index (χ0) is 15.7. The minimum Gasteiger partial charge on any atom is -0.379 e. The lowest BCUT2D eigenvalue weighted by Crippen LogP contribution is -2.58. The monoisotopic (exact) mass is 303 g/mol. The second-order valence-corrected chi connectivity index (χ2v) is 7.08. The zero-order valence-electron chi connectivity index (χ0n) is 13.6. The van der Waals surface area contributed by atoms with Gasteiger partial charge in [0.05, 0.1) is 31.3 Å². The van der Waals surface area contributed by atoms with Crippen LogP contribution in [-0.2, 0) is 14.3 Å². The quantitative estimate of drug-likeness (QED) is 0.861. The zero-order valence-corrected chi connectivity index (χ0v) is 13.6. The van der Waals surface area contributed by atoms with Gasteiger partial charge in [-0.1, -0.05) is 44.2 Å². The molecule has 0 aromatic heterocycles. The van der Waals surface area contributed by atoms with Crippen molar-refractivity contribution in [2.45, 2.75) is 33.0 Å². The van der Waals surface area contributed by atoms with Crippen molar-refractivity contribution < 1.29 is 14.3 Å². The molecule has 3 rings (SSSR count). The summed E-state index contributed by atoms with van der Waals surface area (Å²) in [6, 6.07) is 10.2. The van der Waals surface area contributed by atoms with Gasteiger partial charge in [0.15, 0.2) is 0 Å². The molecule has 22 heavy (non-hydrogen) atoms. The van der Waals surface area contributed by atoms with Crippen LogP contribution in [0, 0.1) is 11.3 Å². The van der Waals surface area contributed by atoms with Crippen LogP contribution in [-0.4, -0.2) is 43.2 Å². The first-order valence-corrected chi connectivity index (χ1v) is 8.07. The number of nitrogens with zero attached hydrogens (tertiary/aromatic N) is 1. The van der Waals surface area contributed by atoms with Gasteiger partial charge in [0.25, 0.3) is 0 Å². The van der Waals surface area contributed by atoms with E-state index in [1.54, 1.807) is 0 Å². The molecule has 1 aromatic rings. The van der Waals surface area contributed by atoms with Gasteiger partial charge in [-0.15, -0.1) is 0 Å². The van der Waals surface area contributed by atoms with E-state index in [0.29, 0.717) is 32.2 Å². The minimum atomic E-state index is -0.347. The van der Waals surface area contributed by atoms with E-state index in [2.05, 4.69) is 26.0 Å². The lowest BCUT2D eigenvalue weighted by atomic mass is 9.86. The molecule has 0 spiro atoms. The van der Waals surface area contributed by atoms with Crippen molar-refractivity contribution in [1.29, 1.82) is 0 Å². The van der Waals surface area contributed by atoms with Crippen molar-refractivity contribution in [1.82, 2.24) is 4.90 Å². The van der Waals surface area contributed by atoms with Crippen LogP contribution in [0.3, 0.4) is 0 Å². The number of amides is 1. The topological polar surface area (TPSA) is 38.8 Å². The second kappa shape index (κ2) is 6.01. The highest BCUT2D eigenvalue weighted by Crippen LogP contribution is 2.34. The third kappa shape index (κ3) is 2.90. The van der Waals surface area contributed by atoms with Crippen LogP contribution in [0.5, 0.6) is 0 Å². The van der Waals surface area contributed by atoms with Gasteiger partial charge >= 0.3 is 0 Å². The fourth-order valence-electron chi connectivity index (χ4n) is 3.09. The Labute approximate surface area is 132 Å². The Hall–Kier alpha value is -1.39. The molecule has 1 aromatic carbocycles. The van der Waals surface area contributed by atoms with E-state index in [9.17, 15) is 4.79 Å². The van der Waals surface area contributed by atoms with Crippen LogP contribution in [0.1, 0.15) is 32.4 Å². The van der Waals surface area contributed by atoms with E-state index in [0.717, 1.165) is 5.56 Å². The van der Waals surface area contributed by atoms with Gasteiger partial charge in [-0.05, 0) is 18.4 Å². The summed E-state index contributed by atoms with van der Waals surface area (Å²) in [4.78, 5) is 14.8. The SMILES string of the molecule is CC(C)[C@H]1CN(C(=O)C2(C)COC2)C[C@@H](c2ccccc2)O1. The van der Waals surface area contributed by atoms with E-state index in [1.165, 1.54) is 0 Å². The van der Waals surface area contributed by atoms with E-state index in [1.807, 2.05) is 30.0 Å². The van der Waals surface area contributed by atoms with Crippen molar-refractivity contribution in [3.05, 3.63) is 35.9 Å². The molecule has 0 N–H and O–H groups in total. The Kier molecular flexibility index (Phi) is 4.24. The van der Waals surface area contributed by atoms with Crippen LogP contribution < -0.4 is 0 Å². The van der Waals surface area contributed by atoms with Gasteiger partial charge in [-0.25, -0.2) is 0 Å². The molecule has 4 nitrogen and oxygen atoms in total. The first-order valence-electron chi connectivity index (χ1n) is 8.07. The van der Waals surface area contributed by atoms with Crippen LogP contribution in [0.25, 0.3) is 0 Å². The Morgan fingerprint density at radius 3 is 2.45 bits per heavy atom. The first-order chi connectivity index (χ1) is 10.5. The average molecular weight is 303 g/mol. The predicted molar refractivity (Wildman–Crippen MR) is 84.4 cm³/mol. The van der Waals surface area contributed by atoms with Gasteiger partial charge < -0.3 is 14.4 Å². The van der Waals surface area contributed by atoms with Crippen molar-refractivity contribution in [2.75, 3.05) is 26.3 Å². The maximum Gasteiger partial charge on any atom is 0.233 e. The molecular formula is C18H25NO3. The lowest BCUT2D eigenvalue weighted by molar-refractivity contribution is -0.181. The first kappa shape index (κ1) is 15.5. The van der Waals surface area contributed by atoms with Crippen molar-refractivity contribution >= 4 is 5.91 Å². The number of rotatable bonds is 3. The van der Waals surface area contributed by atoms with Crippen molar-refractivity contribution in [3.8, 4) is 0 Å². The Morgan fingerprint density at radius 2 is 1.91 bits per heavy atom. The molecule has 0 radical (unpaired) electrons. The van der Waals surface area contributed by atoms with Gasteiger partial charge in [0.2, 0.25) is 5.91 Å². The summed E-state index contributed by atoms with van der Waals surface area (Å²) < 4.78 is 11.5. The Balaban J connectivity index is 1.80.